The molecule has 0 saturated carbocycles. The highest BCUT2D eigenvalue weighted by atomic mass is 127. The Morgan fingerprint density at radius 1 is 1.32 bits per heavy atom. The van der Waals surface area contributed by atoms with Crippen molar-refractivity contribution in [3.8, 4) is 0 Å². The maximum Gasteiger partial charge on any atom is 0.254 e. The standard InChI is InChI=1S/C15H21IN2O/c1-3-13-10-18(14(4-2)9-17-13)15(19)11-5-7-12(16)8-6-11/h5-8,13-14,17H,3-4,9-10H2,1-2H3. The van der Waals surface area contributed by atoms with Crippen LogP contribution in [0.3, 0.4) is 0 Å². The molecule has 1 N–H and O–H groups in total. The Bertz CT molecular complexity index is 432. The minimum Gasteiger partial charge on any atom is -0.333 e. The van der Waals surface area contributed by atoms with Crippen LogP contribution >= 0.6 is 22.6 Å². The third-order valence-corrected chi connectivity index (χ3v) is 4.54. The summed E-state index contributed by atoms with van der Waals surface area (Å²) in [6.45, 7) is 6.04. The van der Waals surface area contributed by atoms with E-state index in [1.807, 2.05) is 29.2 Å². The second kappa shape index (κ2) is 6.70. The highest BCUT2D eigenvalue weighted by molar-refractivity contribution is 14.1. The molecule has 1 fully saturated rings. The van der Waals surface area contributed by atoms with E-state index < -0.39 is 0 Å². The van der Waals surface area contributed by atoms with Gasteiger partial charge in [0.2, 0.25) is 0 Å². The number of nitrogens with one attached hydrogen (secondary N) is 1. The Kier molecular flexibility index (Phi) is 5.21. The van der Waals surface area contributed by atoms with Crippen molar-refractivity contribution in [1.82, 2.24) is 10.2 Å². The molecule has 2 atom stereocenters. The molecule has 0 bridgehead atoms. The van der Waals surface area contributed by atoms with Crippen molar-refractivity contribution < 1.29 is 4.79 Å². The topological polar surface area (TPSA) is 32.3 Å². The van der Waals surface area contributed by atoms with Crippen LogP contribution in [-0.2, 0) is 0 Å². The van der Waals surface area contributed by atoms with Crippen molar-refractivity contribution in [2.75, 3.05) is 13.1 Å². The fourth-order valence-corrected chi connectivity index (χ4v) is 2.87. The van der Waals surface area contributed by atoms with E-state index in [1.54, 1.807) is 0 Å². The third kappa shape index (κ3) is 3.48. The van der Waals surface area contributed by atoms with Crippen LogP contribution in [-0.4, -0.2) is 36.0 Å². The molecule has 19 heavy (non-hydrogen) atoms. The summed E-state index contributed by atoms with van der Waals surface area (Å²) in [6, 6.07) is 8.59. The van der Waals surface area contributed by atoms with Crippen molar-refractivity contribution in [2.45, 2.75) is 38.8 Å². The normalized spacial score (nSPS) is 23.4. The zero-order valence-electron chi connectivity index (χ0n) is 11.5. The number of hydrogen-bond donors (Lipinski definition) is 1. The van der Waals surface area contributed by atoms with Crippen LogP contribution in [0.1, 0.15) is 37.0 Å². The number of amides is 1. The van der Waals surface area contributed by atoms with Gasteiger partial charge in [0.1, 0.15) is 0 Å². The number of halogens is 1. The predicted molar refractivity (Wildman–Crippen MR) is 86.4 cm³/mol. The molecule has 2 unspecified atom stereocenters. The van der Waals surface area contributed by atoms with Crippen molar-refractivity contribution >= 4 is 28.5 Å². The van der Waals surface area contributed by atoms with Crippen LogP contribution in [0.25, 0.3) is 0 Å². The van der Waals surface area contributed by atoms with Gasteiger partial charge in [-0.1, -0.05) is 13.8 Å². The van der Waals surface area contributed by atoms with Crippen molar-refractivity contribution in [2.24, 2.45) is 0 Å². The van der Waals surface area contributed by atoms with E-state index in [9.17, 15) is 4.79 Å². The van der Waals surface area contributed by atoms with Gasteiger partial charge in [-0.05, 0) is 59.7 Å². The molecular weight excluding hydrogens is 351 g/mol. The molecule has 1 aliphatic heterocycles. The van der Waals surface area contributed by atoms with Crippen LogP contribution in [0, 0.1) is 3.57 Å². The predicted octanol–water partition coefficient (Wildman–Crippen LogP) is 2.89. The number of nitrogens with zero attached hydrogens (tertiary/aromatic N) is 1. The Balaban J connectivity index is 2.16. The minimum atomic E-state index is 0.170. The summed E-state index contributed by atoms with van der Waals surface area (Å²) in [5.41, 5.74) is 0.801. The number of carbonyl (C=O) groups excluding carboxylic acids is 1. The van der Waals surface area contributed by atoms with E-state index in [2.05, 4.69) is 41.8 Å². The first-order valence-corrected chi connectivity index (χ1v) is 8.03. The second-order valence-electron chi connectivity index (χ2n) is 5.04. The first-order chi connectivity index (χ1) is 9.15. The SMILES string of the molecule is CCC1CN(C(=O)c2ccc(I)cc2)C(CC)CN1. The Labute approximate surface area is 128 Å². The van der Waals surface area contributed by atoms with E-state index in [4.69, 9.17) is 0 Å². The summed E-state index contributed by atoms with van der Waals surface area (Å²) in [6.07, 6.45) is 2.06. The van der Waals surface area contributed by atoms with Gasteiger partial charge in [-0.15, -0.1) is 0 Å². The van der Waals surface area contributed by atoms with Gasteiger partial charge in [0.05, 0.1) is 0 Å². The lowest BCUT2D eigenvalue weighted by Crippen LogP contribution is -2.57. The van der Waals surface area contributed by atoms with Gasteiger partial charge in [-0.3, -0.25) is 4.79 Å². The van der Waals surface area contributed by atoms with Gasteiger partial charge >= 0.3 is 0 Å². The maximum absolute atomic E-state index is 12.6. The first-order valence-electron chi connectivity index (χ1n) is 6.95. The fraction of sp³-hybridized carbons (Fsp3) is 0.533. The van der Waals surface area contributed by atoms with Crippen LogP contribution in [0.4, 0.5) is 0 Å². The van der Waals surface area contributed by atoms with Crippen LogP contribution in [0.5, 0.6) is 0 Å². The fourth-order valence-electron chi connectivity index (χ4n) is 2.51. The first kappa shape index (κ1) is 14.8. The molecule has 1 aromatic carbocycles. The molecule has 1 aromatic rings. The quantitative estimate of drug-likeness (QED) is 0.828. The maximum atomic E-state index is 12.6. The highest BCUT2D eigenvalue weighted by Crippen LogP contribution is 2.17. The molecule has 1 saturated heterocycles. The molecule has 3 nitrogen and oxygen atoms in total. The average molecular weight is 372 g/mol. The van der Waals surface area contributed by atoms with Gasteiger partial charge in [0.15, 0.2) is 0 Å². The molecule has 104 valence electrons. The smallest absolute Gasteiger partial charge is 0.254 e. The summed E-state index contributed by atoms with van der Waals surface area (Å²) in [7, 11) is 0. The minimum absolute atomic E-state index is 0.170. The van der Waals surface area contributed by atoms with Crippen LogP contribution in [0.2, 0.25) is 0 Å². The molecular formula is C15H21IN2O. The van der Waals surface area contributed by atoms with Gasteiger partial charge in [-0.2, -0.15) is 0 Å². The molecule has 4 heteroatoms. The lowest BCUT2D eigenvalue weighted by molar-refractivity contribution is 0.0576. The molecule has 0 spiro atoms. The number of benzene rings is 1. The van der Waals surface area contributed by atoms with Crippen LogP contribution < -0.4 is 5.32 Å². The summed E-state index contributed by atoms with van der Waals surface area (Å²) in [5.74, 6) is 0.170. The van der Waals surface area contributed by atoms with Crippen molar-refractivity contribution in [3.05, 3.63) is 33.4 Å². The number of hydrogen-bond acceptors (Lipinski definition) is 2. The summed E-state index contributed by atoms with van der Waals surface area (Å²) < 4.78 is 1.16. The monoisotopic (exact) mass is 372 g/mol. The Morgan fingerprint density at radius 3 is 2.58 bits per heavy atom. The van der Waals surface area contributed by atoms with Crippen molar-refractivity contribution in [1.29, 1.82) is 0 Å². The lowest BCUT2D eigenvalue weighted by atomic mass is 10.0. The van der Waals surface area contributed by atoms with E-state index in [-0.39, 0.29) is 5.91 Å². The molecule has 1 heterocycles. The number of rotatable bonds is 3. The zero-order chi connectivity index (χ0) is 13.8. The third-order valence-electron chi connectivity index (χ3n) is 3.82. The largest absolute Gasteiger partial charge is 0.333 e. The Morgan fingerprint density at radius 2 is 2.00 bits per heavy atom. The van der Waals surface area contributed by atoms with Gasteiger partial charge in [0, 0.05) is 34.3 Å². The van der Waals surface area contributed by atoms with Gasteiger partial charge in [-0.25, -0.2) is 0 Å². The van der Waals surface area contributed by atoms with Crippen LogP contribution in [0.15, 0.2) is 24.3 Å². The molecule has 2 rings (SSSR count). The molecule has 0 aromatic heterocycles. The van der Waals surface area contributed by atoms with E-state index in [0.29, 0.717) is 12.1 Å². The second-order valence-corrected chi connectivity index (χ2v) is 6.29. The lowest BCUT2D eigenvalue weighted by Gasteiger charge is -2.40. The number of carbonyl (C=O) groups is 1. The molecule has 1 amide bonds. The average Bonchev–Trinajstić information content (AvgIpc) is 2.46. The Hall–Kier alpha value is -0.620. The molecule has 1 aliphatic rings. The number of piperazine rings is 1. The summed E-state index contributed by atoms with van der Waals surface area (Å²) >= 11 is 2.26. The molecule has 0 aliphatic carbocycles. The highest BCUT2D eigenvalue weighted by Gasteiger charge is 2.29. The van der Waals surface area contributed by atoms with Crippen molar-refractivity contribution in [3.63, 3.8) is 0 Å². The molecule has 0 radical (unpaired) electrons. The van der Waals surface area contributed by atoms with Gasteiger partial charge in [0.25, 0.3) is 5.91 Å². The summed E-state index contributed by atoms with van der Waals surface area (Å²) in [4.78, 5) is 14.7. The van der Waals surface area contributed by atoms with E-state index >= 15 is 0 Å². The van der Waals surface area contributed by atoms with E-state index in [0.717, 1.165) is 35.1 Å². The zero-order valence-corrected chi connectivity index (χ0v) is 13.7. The van der Waals surface area contributed by atoms with Gasteiger partial charge < -0.3 is 10.2 Å². The summed E-state index contributed by atoms with van der Waals surface area (Å²) in [5, 5.41) is 3.52. The van der Waals surface area contributed by atoms with E-state index in [1.165, 1.54) is 0 Å².